The van der Waals surface area contributed by atoms with Gasteiger partial charge in [-0.2, -0.15) is 0 Å². The molecule has 0 bridgehead atoms. The van der Waals surface area contributed by atoms with Gasteiger partial charge in [0.15, 0.2) is 0 Å². The van der Waals surface area contributed by atoms with E-state index >= 15 is 0 Å². The first-order valence-electron chi connectivity index (χ1n) is 5.60. The minimum Gasteiger partial charge on any atom is -0.487 e. The van der Waals surface area contributed by atoms with Gasteiger partial charge in [-0.3, -0.25) is 15.1 Å². The van der Waals surface area contributed by atoms with Gasteiger partial charge in [-0.15, -0.1) is 0 Å². The van der Waals surface area contributed by atoms with E-state index in [9.17, 15) is 15.2 Å². The lowest BCUT2D eigenvalue weighted by Crippen LogP contribution is -2.40. The van der Waals surface area contributed by atoms with E-state index in [0.717, 1.165) is 0 Å². The van der Waals surface area contributed by atoms with Crippen molar-refractivity contribution in [2.45, 2.75) is 32.0 Å². The predicted octanol–water partition coefficient (Wildman–Crippen LogP) is 1.89. The van der Waals surface area contributed by atoms with Crippen LogP contribution < -0.4 is 0 Å². The van der Waals surface area contributed by atoms with Crippen molar-refractivity contribution < 1.29 is 14.8 Å². The third-order valence-electron chi connectivity index (χ3n) is 3.14. The third kappa shape index (κ3) is 2.19. The molecular weight excluding hydrogens is 236 g/mol. The average molecular weight is 250 g/mol. The normalized spacial score (nSPS) is 27.3. The number of hydrogen-bond acceptors (Lipinski definition) is 5. The minimum absolute atomic E-state index is 0.0995. The number of nitro groups is 1. The van der Waals surface area contributed by atoms with E-state index in [0.29, 0.717) is 17.7 Å². The average Bonchev–Trinajstić information content (AvgIpc) is 2.33. The van der Waals surface area contributed by atoms with Crippen molar-refractivity contribution in [1.82, 2.24) is 4.98 Å². The maximum Gasteiger partial charge on any atom is 0.298 e. The molecule has 0 saturated carbocycles. The molecule has 1 aromatic heterocycles. The van der Waals surface area contributed by atoms with Crippen LogP contribution >= 0.6 is 0 Å². The van der Waals surface area contributed by atoms with Crippen LogP contribution in [0.15, 0.2) is 24.5 Å². The topological polar surface area (TPSA) is 85.5 Å². The number of nitrogens with zero attached hydrogens (tertiary/aromatic N) is 2. The Morgan fingerprint density at radius 1 is 1.67 bits per heavy atom. The summed E-state index contributed by atoms with van der Waals surface area (Å²) in [5.74, 6) is 0.420. The van der Waals surface area contributed by atoms with Gasteiger partial charge < -0.3 is 9.84 Å². The molecule has 0 radical (unpaired) electrons. The highest BCUT2D eigenvalue weighted by molar-refractivity contribution is 5.68. The molecule has 6 heteroatoms. The summed E-state index contributed by atoms with van der Waals surface area (Å²) in [5, 5.41) is 20.9. The summed E-state index contributed by atoms with van der Waals surface area (Å²) in [4.78, 5) is 14.1. The van der Waals surface area contributed by atoms with Crippen molar-refractivity contribution in [2.75, 3.05) is 0 Å². The van der Waals surface area contributed by atoms with Crippen molar-refractivity contribution in [3.63, 3.8) is 0 Å². The molecule has 1 N–H and O–H groups in total. The van der Waals surface area contributed by atoms with E-state index in [1.807, 2.05) is 0 Å². The Bertz CT molecular complexity index is 511. The van der Waals surface area contributed by atoms with Gasteiger partial charge >= 0.3 is 0 Å². The van der Waals surface area contributed by atoms with Crippen LogP contribution in [0.5, 0.6) is 0 Å². The summed E-state index contributed by atoms with van der Waals surface area (Å²) in [6, 6.07) is 1.54. The van der Waals surface area contributed by atoms with E-state index in [-0.39, 0.29) is 5.69 Å². The van der Waals surface area contributed by atoms with Crippen LogP contribution in [-0.4, -0.2) is 26.7 Å². The fourth-order valence-corrected chi connectivity index (χ4v) is 1.74. The number of ether oxygens (including phenoxy) is 1. The SMILES string of the molecule is CC1OC(c2ccncc2[N+](=O)[O-])=CCC1(C)O. The van der Waals surface area contributed by atoms with Gasteiger partial charge in [-0.25, -0.2) is 0 Å². The molecule has 18 heavy (non-hydrogen) atoms. The molecule has 2 rings (SSSR count). The smallest absolute Gasteiger partial charge is 0.298 e. The second-order valence-electron chi connectivity index (χ2n) is 4.54. The van der Waals surface area contributed by atoms with Gasteiger partial charge in [-0.05, 0) is 26.0 Å². The van der Waals surface area contributed by atoms with Gasteiger partial charge in [0.05, 0.1) is 10.5 Å². The number of rotatable bonds is 2. The lowest BCUT2D eigenvalue weighted by Gasteiger charge is -2.34. The minimum atomic E-state index is -0.953. The molecule has 1 aliphatic heterocycles. The van der Waals surface area contributed by atoms with Crippen molar-refractivity contribution in [2.24, 2.45) is 0 Å². The van der Waals surface area contributed by atoms with Crippen molar-refractivity contribution in [3.05, 3.63) is 40.2 Å². The molecular formula is C12H14N2O4. The fraction of sp³-hybridized carbons (Fsp3) is 0.417. The second-order valence-corrected chi connectivity index (χ2v) is 4.54. The Hall–Kier alpha value is -1.95. The molecule has 0 aliphatic carbocycles. The monoisotopic (exact) mass is 250 g/mol. The van der Waals surface area contributed by atoms with Crippen LogP contribution in [0.3, 0.4) is 0 Å². The summed E-state index contributed by atoms with van der Waals surface area (Å²) in [6.45, 7) is 3.41. The molecule has 2 unspecified atom stereocenters. The van der Waals surface area contributed by atoms with E-state index in [1.165, 1.54) is 18.5 Å². The van der Waals surface area contributed by atoms with E-state index < -0.39 is 16.6 Å². The Kier molecular flexibility index (Phi) is 3.04. The van der Waals surface area contributed by atoms with Crippen LogP contribution in [0.2, 0.25) is 0 Å². The Morgan fingerprint density at radius 3 is 3.00 bits per heavy atom. The van der Waals surface area contributed by atoms with Gasteiger partial charge in [0.25, 0.3) is 5.69 Å². The molecule has 96 valence electrons. The highest BCUT2D eigenvalue weighted by Gasteiger charge is 2.34. The van der Waals surface area contributed by atoms with Gasteiger partial charge in [0.1, 0.15) is 23.7 Å². The fourth-order valence-electron chi connectivity index (χ4n) is 1.74. The van der Waals surface area contributed by atoms with E-state index in [2.05, 4.69) is 4.98 Å². The Labute approximate surface area is 104 Å². The van der Waals surface area contributed by atoms with Crippen LogP contribution in [0, 0.1) is 10.1 Å². The first kappa shape index (κ1) is 12.5. The Morgan fingerprint density at radius 2 is 2.39 bits per heavy atom. The molecule has 0 saturated heterocycles. The van der Waals surface area contributed by atoms with Gasteiger partial charge in [-0.1, -0.05) is 0 Å². The zero-order chi connectivity index (χ0) is 13.3. The highest BCUT2D eigenvalue weighted by atomic mass is 16.6. The lowest BCUT2D eigenvalue weighted by molar-refractivity contribution is -0.385. The first-order chi connectivity index (χ1) is 8.42. The number of aliphatic hydroxyl groups is 1. The molecule has 0 spiro atoms. The number of aromatic nitrogens is 1. The first-order valence-corrected chi connectivity index (χ1v) is 5.60. The Balaban J connectivity index is 2.40. The number of pyridine rings is 1. The summed E-state index contributed by atoms with van der Waals surface area (Å²) in [6.07, 6.45) is 4.30. The van der Waals surface area contributed by atoms with Gasteiger partial charge in [0, 0.05) is 12.6 Å². The lowest BCUT2D eigenvalue weighted by atomic mass is 9.92. The molecule has 6 nitrogen and oxygen atoms in total. The number of hydrogen-bond donors (Lipinski definition) is 1. The molecule has 1 aromatic rings. The summed E-state index contributed by atoms with van der Waals surface area (Å²) in [7, 11) is 0. The largest absolute Gasteiger partial charge is 0.487 e. The third-order valence-corrected chi connectivity index (χ3v) is 3.14. The zero-order valence-electron chi connectivity index (χ0n) is 10.2. The van der Waals surface area contributed by atoms with E-state index in [1.54, 1.807) is 19.9 Å². The van der Waals surface area contributed by atoms with Crippen molar-refractivity contribution >= 4 is 11.4 Å². The standard InChI is InChI=1S/C12H14N2O4/c1-8-12(2,15)5-3-11(18-8)9-4-6-13-7-10(9)14(16)17/h3-4,6-8,15H,5H2,1-2H3. The van der Waals surface area contributed by atoms with Gasteiger partial charge in [0.2, 0.25) is 0 Å². The zero-order valence-corrected chi connectivity index (χ0v) is 10.2. The maximum absolute atomic E-state index is 10.9. The molecule has 2 heterocycles. The molecule has 0 fully saturated rings. The molecule has 2 atom stereocenters. The summed E-state index contributed by atoms with van der Waals surface area (Å²) >= 11 is 0. The summed E-state index contributed by atoms with van der Waals surface area (Å²) in [5.41, 5.74) is -0.666. The van der Waals surface area contributed by atoms with Crippen LogP contribution in [0.25, 0.3) is 5.76 Å². The van der Waals surface area contributed by atoms with Crippen molar-refractivity contribution in [3.8, 4) is 0 Å². The molecule has 0 aromatic carbocycles. The van der Waals surface area contributed by atoms with Crippen LogP contribution in [0.4, 0.5) is 5.69 Å². The predicted molar refractivity (Wildman–Crippen MR) is 64.7 cm³/mol. The molecule has 1 aliphatic rings. The quantitative estimate of drug-likeness (QED) is 0.640. The van der Waals surface area contributed by atoms with Crippen molar-refractivity contribution in [1.29, 1.82) is 0 Å². The summed E-state index contributed by atoms with van der Waals surface area (Å²) < 4.78 is 5.56. The highest BCUT2D eigenvalue weighted by Crippen LogP contribution is 2.34. The second kappa shape index (κ2) is 4.38. The van der Waals surface area contributed by atoms with Crippen LogP contribution in [0.1, 0.15) is 25.8 Å². The molecule has 0 amide bonds. The van der Waals surface area contributed by atoms with Crippen LogP contribution in [-0.2, 0) is 4.74 Å². The maximum atomic E-state index is 10.9. The van der Waals surface area contributed by atoms with E-state index in [4.69, 9.17) is 4.74 Å².